The molecular formula is C16H8BrF3N2O4. The van der Waals surface area contributed by atoms with Gasteiger partial charge in [-0.2, -0.15) is 13.2 Å². The molecule has 26 heavy (non-hydrogen) atoms. The Kier molecular flexibility index (Phi) is 4.45. The Balaban J connectivity index is 2.05. The van der Waals surface area contributed by atoms with Crippen LogP contribution in [0.25, 0.3) is 11.0 Å². The van der Waals surface area contributed by atoms with Gasteiger partial charge in [0, 0.05) is 10.7 Å². The number of aromatic nitrogens is 1. The van der Waals surface area contributed by atoms with E-state index in [2.05, 4.69) is 26.2 Å². The number of aromatic hydroxyl groups is 1. The Morgan fingerprint density at radius 1 is 1.23 bits per heavy atom. The number of amides is 1. The molecule has 10 heteroatoms. The van der Waals surface area contributed by atoms with Crippen LogP contribution in [0.1, 0.15) is 15.9 Å². The number of hydrogen-bond donors (Lipinski definition) is 2. The largest absolute Gasteiger partial charge is 0.506 e. The highest BCUT2D eigenvalue weighted by Gasteiger charge is 2.31. The lowest BCUT2D eigenvalue weighted by molar-refractivity contribution is -0.137. The van der Waals surface area contributed by atoms with Gasteiger partial charge in [-0.15, -0.1) is 0 Å². The molecule has 3 aromatic rings. The molecule has 0 saturated heterocycles. The number of fused-ring (bicyclic) bond motifs is 1. The Bertz CT molecular complexity index is 1060. The third-order valence-electron chi connectivity index (χ3n) is 3.40. The number of pyridine rings is 1. The summed E-state index contributed by atoms with van der Waals surface area (Å²) in [5, 5.41) is 12.3. The molecule has 1 aromatic carbocycles. The molecule has 134 valence electrons. The Hall–Kier alpha value is -2.88. The highest BCUT2D eigenvalue weighted by atomic mass is 79.9. The molecule has 2 N–H and O–H groups in total. The Morgan fingerprint density at radius 3 is 2.58 bits per heavy atom. The first-order chi connectivity index (χ1) is 12.2. The van der Waals surface area contributed by atoms with Gasteiger partial charge in [-0.05, 0) is 46.3 Å². The van der Waals surface area contributed by atoms with Gasteiger partial charge in [-0.1, -0.05) is 0 Å². The van der Waals surface area contributed by atoms with Gasteiger partial charge in [0.1, 0.15) is 17.2 Å². The van der Waals surface area contributed by atoms with E-state index >= 15 is 0 Å². The minimum absolute atomic E-state index is 0.101. The molecule has 0 saturated carbocycles. The van der Waals surface area contributed by atoms with Crippen molar-refractivity contribution < 1.29 is 27.5 Å². The maximum Gasteiger partial charge on any atom is 0.416 e. The number of nitrogens with one attached hydrogen (secondary N) is 1. The summed E-state index contributed by atoms with van der Waals surface area (Å²) in [6.07, 6.45) is -3.25. The van der Waals surface area contributed by atoms with Crippen molar-refractivity contribution in [3.63, 3.8) is 0 Å². The van der Waals surface area contributed by atoms with Crippen molar-refractivity contribution in [3.8, 4) is 5.75 Å². The number of hydrogen-bond acceptors (Lipinski definition) is 5. The van der Waals surface area contributed by atoms with E-state index in [1.807, 2.05) is 0 Å². The van der Waals surface area contributed by atoms with E-state index < -0.39 is 40.2 Å². The van der Waals surface area contributed by atoms with Crippen molar-refractivity contribution in [1.82, 2.24) is 4.98 Å². The summed E-state index contributed by atoms with van der Waals surface area (Å²) in [7, 11) is 0. The van der Waals surface area contributed by atoms with Crippen molar-refractivity contribution in [2.24, 2.45) is 0 Å². The second kappa shape index (κ2) is 6.45. The predicted octanol–water partition coefficient (Wildman–Crippen LogP) is 3.93. The van der Waals surface area contributed by atoms with Gasteiger partial charge >= 0.3 is 11.8 Å². The van der Waals surface area contributed by atoms with E-state index in [1.165, 1.54) is 12.3 Å². The highest BCUT2D eigenvalue weighted by Crippen LogP contribution is 2.34. The van der Waals surface area contributed by atoms with E-state index in [0.717, 1.165) is 6.07 Å². The summed E-state index contributed by atoms with van der Waals surface area (Å²) >= 11 is 3.17. The Morgan fingerprint density at radius 2 is 1.96 bits per heavy atom. The number of halogens is 4. The molecule has 1 amide bonds. The van der Waals surface area contributed by atoms with Crippen molar-refractivity contribution in [2.45, 2.75) is 6.18 Å². The van der Waals surface area contributed by atoms with Crippen molar-refractivity contribution in [3.05, 3.63) is 62.5 Å². The average Bonchev–Trinajstić information content (AvgIpc) is 2.55. The van der Waals surface area contributed by atoms with Crippen LogP contribution in [0.5, 0.6) is 5.75 Å². The third kappa shape index (κ3) is 3.40. The minimum Gasteiger partial charge on any atom is -0.506 e. The molecule has 2 heterocycles. The molecule has 6 nitrogen and oxygen atoms in total. The lowest BCUT2D eigenvalue weighted by Gasteiger charge is -2.10. The first-order valence-electron chi connectivity index (χ1n) is 6.97. The predicted molar refractivity (Wildman–Crippen MR) is 89.0 cm³/mol. The molecule has 2 aromatic heterocycles. The maximum absolute atomic E-state index is 12.7. The molecular weight excluding hydrogens is 421 g/mol. The molecule has 0 aliphatic carbocycles. The monoisotopic (exact) mass is 428 g/mol. The number of nitrogens with zero attached hydrogens (tertiary/aromatic N) is 1. The molecule has 0 spiro atoms. The van der Waals surface area contributed by atoms with Crippen LogP contribution in [0.4, 0.5) is 19.0 Å². The number of benzene rings is 1. The van der Waals surface area contributed by atoms with Crippen molar-refractivity contribution in [2.75, 3.05) is 5.32 Å². The highest BCUT2D eigenvalue weighted by molar-refractivity contribution is 9.10. The van der Waals surface area contributed by atoms with Gasteiger partial charge in [0.05, 0.1) is 10.9 Å². The number of carbonyl (C=O) groups is 1. The van der Waals surface area contributed by atoms with E-state index in [0.29, 0.717) is 16.6 Å². The van der Waals surface area contributed by atoms with E-state index in [-0.39, 0.29) is 11.2 Å². The molecule has 0 aliphatic heterocycles. The van der Waals surface area contributed by atoms with Gasteiger partial charge in [0.25, 0.3) is 5.91 Å². The zero-order chi connectivity index (χ0) is 19.1. The quantitative estimate of drug-likeness (QED) is 0.603. The van der Waals surface area contributed by atoms with Gasteiger partial charge in [-0.3, -0.25) is 4.79 Å². The van der Waals surface area contributed by atoms with Gasteiger partial charge in [-0.25, -0.2) is 9.78 Å². The zero-order valence-corrected chi connectivity index (χ0v) is 14.2. The molecule has 0 unspecified atom stereocenters. The SMILES string of the molecule is O=C(Nc1ccc(Br)cn1)c1c(O)c2ccc(C(F)(F)F)cc2oc1=O. The first-order valence-corrected chi connectivity index (χ1v) is 7.76. The van der Waals surface area contributed by atoms with E-state index in [9.17, 15) is 27.9 Å². The molecule has 0 radical (unpaired) electrons. The second-order valence-electron chi connectivity index (χ2n) is 5.14. The van der Waals surface area contributed by atoms with Crippen LogP contribution in [0.2, 0.25) is 0 Å². The minimum atomic E-state index is -4.65. The number of alkyl halides is 3. The second-order valence-corrected chi connectivity index (χ2v) is 6.05. The van der Waals surface area contributed by atoms with Crippen LogP contribution in [-0.4, -0.2) is 16.0 Å². The smallest absolute Gasteiger partial charge is 0.416 e. The number of carbonyl (C=O) groups excluding carboxylic acids is 1. The standard InChI is InChI=1S/C16H8BrF3N2O4/c17-8-2-4-11(21-6-8)22-14(24)12-13(23)9-3-1-7(16(18,19)20)5-10(9)26-15(12)25/h1-6,23H,(H,21,22,24). The van der Waals surface area contributed by atoms with Gasteiger partial charge in [0.15, 0.2) is 5.56 Å². The Labute approximate surface area is 151 Å². The summed E-state index contributed by atoms with van der Waals surface area (Å²) in [6.45, 7) is 0. The van der Waals surface area contributed by atoms with Crippen LogP contribution >= 0.6 is 15.9 Å². The van der Waals surface area contributed by atoms with Crippen LogP contribution in [0.15, 0.2) is 50.2 Å². The summed E-state index contributed by atoms with van der Waals surface area (Å²) in [6, 6.07) is 5.24. The molecule has 0 bridgehead atoms. The van der Waals surface area contributed by atoms with Crippen LogP contribution in [0, 0.1) is 0 Å². The number of rotatable bonds is 2. The lowest BCUT2D eigenvalue weighted by Crippen LogP contribution is -2.21. The summed E-state index contributed by atoms with van der Waals surface area (Å²) in [4.78, 5) is 28.1. The fraction of sp³-hybridized carbons (Fsp3) is 0.0625. The summed E-state index contributed by atoms with van der Waals surface area (Å²) in [5.74, 6) is -1.68. The third-order valence-corrected chi connectivity index (χ3v) is 3.87. The summed E-state index contributed by atoms with van der Waals surface area (Å²) in [5.41, 5.74) is -3.55. The van der Waals surface area contributed by atoms with Gasteiger partial charge < -0.3 is 14.8 Å². The molecule has 3 rings (SSSR count). The zero-order valence-electron chi connectivity index (χ0n) is 12.6. The fourth-order valence-corrected chi connectivity index (χ4v) is 2.42. The first kappa shape index (κ1) is 17.9. The fourth-order valence-electron chi connectivity index (χ4n) is 2.19. The molecule has 0 fully saturated rings. The molecule has 0 atom stereocenters. The summed E-state index contributed by atoms with van der Waals surface area (Å²) < 4.78 is 43.7. The number of anilines is 1. The lowest BCUT2D eigenvalue weighted by atomic mass is 10.1. The average molecular weight is 429 g/mol. The van der Waals surface area contributed by atoms with E-state index in [1.54, 1.807) is 6.07 Å². The topological polar surface area (TPSA) is 92.4 Å². The normalized spacial score (nSPS) is 11.5. The van der Waals surface area contributed by atoms with Crippen molar-refractivity contribution >= 4 is 38.6 Å². The van der Waals surface area contributed by atoms with Crippen LogP contribution < -0.4 is 10.9 Å². The molecule has 0 aliphatic rings. The van der Waals surface area contributed by atoms with Crippen LogP contribution in [0.3, 0.4) is 0 Å². The van der Waals surface area contributed by atoms with Crippen molar-refractivity contribution in [1.29, 1.82) is 0 Å². The van der Waals surface area contributed by atoms with Gasteiger partial charge in [0.2, 0.25) is 0 Å². The van der Waals surface area contributed by atoms with E-state index in [4.69, 9.17) is 4.42 Å². The maximum atomic E-state index is 12.7. The van der Waals surface area contributed by atoms with Crippen LogP contribution in [-0.2, 0) is 6.18 Å².